The molecule has 0 radical (unpaired) electrons. The number of benzene rings is 1. The standard InChI is InChI=1S/C14H17F3N2O2/c1-9-5-6-10-3-2-4-11(13(10)19-9)21-7-12(20)18-8-14(15,16)17/h2-4,9,19H,5-8H2,1H3,(H,18,20). The number of para-hydroxylation sites is 1. The van der Waals surface area contributed by atoms with Crippen LogP contribution in [-0.2, 0) is 11.2 Å². The van der Waals surface area contributed by atoms with Crippen LogP contribution in [0.1, 0.15) is 18.9 Å². The number of aryl methyl sites for hydroxylation is 1. The summed E-state index contributed by atoms with van der Waals surface area (Å²) in [7, 11) is 0. The minimum absolute atomic E-state index is 0.293. The lowest BCUT2D eigenvalue weighted by molar-refractivity contribution is -0.139. The van der Waals surface area contributed by atoms with Crippen LogP contribution in [0.15, 0.2) is 18.2 Å². The van der Waals surface area contributed by atoms with E-state index in [1.807, 2.05) is 13.0 Å². The maximum Gasteiger partial charge on any atom is 0.405 e. The van der Waals surface area contributed by atoms with E-state index in [0.29, 0.717) is 11.8 Å². The number of hydrogen-bond donors (Lipinski definition) is 2. The molecule has 1 heterocycles. The van der Waals surface area contributed by atoms with E-state index in [2.05, 4.69) is 5.32 Å². The summed E-state index contributed by atoms with van der Waals surface area (Å²) >= 11 is 0. The summed E-state index contributed by atoms with van der Waals surface area (Å²) in [5.41, 5.74) is 1.90. The third-order valence-corrected chi connectivity index (χ3v) is 3.19. The highest BCUT2D eigenvalue weighted by Crippen LogP contribution is 2.33. The molecule has 1 aromatic rings. The van der Waals surface area contributed by atoms with Crippen LogP contribution in [0.4, 0.5) is 18.9 Å². The largest absolute Gasteiger partial charge is 0.482 e. The Hall–Kier alpha value is -1.92. The van der Waals surface area contributed by atoms with Gasteiger partial charge >= 0.3 is 6.18 Å². The van der Waals surface area contributed by atoms with Gasteiger partial charge in [-0.05, 0) is 31.4 Å². The van der Waals surface area contributed by atoms with Crippen LogP contribution in [0, 0.1) is 0 Å². The number of carbonyl (C=O) groups is 1. The van der Waals surface area contributed by atoms with E-state index in [-0.39, 0.29) is 0 Å². The van der Waals surface area contributed by atoms with Crippen LogP contribution >= 0.6 is 0 Å². The second kappa shape index (κ2) is 6.24. The molecule has 1 unspecified atom stereocenters. The minimum Gasteiger partial charge on any atom is -0.482 e. The first kappa shape index (κ1) is 15.5. The predicted molar refractivity (Wildman–Crippen MR) is 72.4 cm³/mol. The first-order chi connectivity index (χ1) is 9.85. The molecule has 1 aliphatic heterocycles. The lowest BCUT2D eigenvalue weighted by Gasteiger charge is -2.26. The van der Waals surface area contributed by atoms with E-state index in [9.17, 15) is 18.0 Å². The molecule has 21 heavy (non-hydrogen) atoms. The molecule has 1 aliphatic rings. The van der Waals surface area contributed by atoms with Gasteiger partial charge in [-0.15, -0.1) is 0 Å². The number of hydrogen-bond acceptors (Lipinski definition) is 3. The van der Waals surface area contributed by atoms with Crippen molar-refractivity contribution >= 4 is 11.6 Å². The first-order valence-corrected chi connectivity index (χ1v) is 6.70. The van der Waals surface area contributed by atoms with Crippen molar-refractivity contribution in [2.75, 3.05) is 18.5 Å². The highest BCUT2D eigenvalue weighted by molar-refractivity contribution is 5.78. The van der Waals surface area contributed by atoms with Crippen LogP contribution in [0.25, 0.3) is 0 Å². The molecular formula is C14H17F3N2O2. The third kappa shape index (κ3) is 4.54. The predicted octanol–water partition coefficient (Wildman–Crippen LogP) is 2.49. The molecule has 4 nitrogen and oxygen atoms in total. The molecule has 1 amide bonds. The van der Waals surface area contributed by atoms with Crippen molar-refractivity contribution in [3.63, 3.8) is 0 Å². The molecule has 1 aromatic carbocycles. The molecule has 1 atom stereocenters. The molecule has 0 saturated heterocycles. The normalized spacial score (nSPS) is 17.6. The van der Waals surface area contributed by atoms with Gasteiger partial charge in [0.25, 0.3) is 5.91 Å². The zero-order valence-electron chi connectivity index (χ0n) is 11.6. The number of fused-ring (bicyclic) bond motifs is 1. The second-order valence-electron chi connectivity index (χ2n) is 5.05. The summed E-state index contributed by atoms with van der Waals surface area (Å²) in [6.07, 6.45) is -2.51. The van der Waals surface area contributed by atoms with Crippen LogP contribution in [-0.4, -0.2) is 31.3 Å². The molecule has 0 saturated carbocycles. The maximum absolute atomic E-state index is 12.0. The van der Waals surface area contributed by atoms with Crippen LogP contribution < -0.4 is 15.4 Å². The summed E-state index contributed by atoms with van der Waals surface area (Å²) in [6, 6.07) is 5.76. The van der Waals surface area contributed by atoms with Crippen molar-refractivity contribution in [3.8, 4) is 5.75 Å². The fraction of sp³-hybridized carbons (Fsp3) is 0.500. The number of halogens is 3. The van der Waals surface area contributed by atoms with Gasteiger partial charge in [-0.25, -0.2) is 0 Å². The number of nitrogens with one attached hydrogen (secondary N) is 2. The average Bonchev–Trinajstić information content (AvgIpc) is 2.42. The van der Waals surface area contributed by atoms with Crippen molar-refractivity contribution < 1.29 is 22.7 Å². The minimum atomic E-state index is -4.42. The second-order valence-corrected chi connectivity index (χ2v) is 5.05. The van der Waals surface area contributed by atoms with Crippen molar-refractivity contribution in [3.05, 3.63) is 23.8 Å². The highest BCUT2D eigenvalue weighted by atomic mass is 19.4. The number of amides is 1. The van der Waals surface area contributed by atoms with E-state index >= 15 is 0 Å². The Morgan fingerprint density at radius 3 is 2.95 bits per heavy atom. The summed E-state index contributed by atoms with van der Waals surface area (Å²) in [6.45, 7) is 0.246. The van der Waals surface area contributed by atoms with Gasteiger partial charge in [0.15, 0.2) is 6.61 Å². The number of alkyl halides is 3. The van der Waals surface area contributed by atoms with Gasteiger partial charge in [-0.2, -0.15) is 13.2 Å². The molecular weight excluding hydrogens is 285 g/mol. The van der Waals surface area contributed by atoms with E-state index in [0.717, 1.165) is 24.1 Å². The topological polar surface area (TPSA) is 50.4 Å². The summed E-state index contributed by atoms with van der Waals surface area (Å²) < 4.78 is 41.3. The van der Waals surface area contributed by atoms with Gasteiger partial charge in [0, 0.05) is 6.04 Å². The number of carbonyl (C=O) groups excluding carboxylic acids is 1. The van der Waals surface area contributed by atoms with Gasteiger partial charge in [0.1, 0.15) is 12.3 Å². The number of ether oxygens (including phenoxy) is 1. The SMILES string of the molecule is CC1CCc2cccc(OCC(=O)NCC(F)(F)F)c2N1. The molecule has 0 bridgehead atoms. The Balaban J connectivity index is 1.93. The van der Waals surface area contributed by atoms with E-state index in [1.54, 1.807) is 17.4 Å². The van der Waals surface area contributed by atoms with Gasteiger partial charge in [-0.1, -0.05) is 12.1 Å². The van der Waals surface area contributed by atoms with Crippen molar-refractivity contribution in [1.82, 2.24) is 5.32 Å². The van der Waals surface area contributed by atoms with Gasteiger partial charge in [0.05, 0.1) is 5.69 Å². The Morgan fingerprint density at radius 1 is 1.48 bits per heavy atom. The molecule has 116 valence electrons. The molecule has 0 aliphatic carbocycles. The smallest absolute Gasteiger partial charge is 0.405 e. The highest BCUT2D eigenvalue weighted by Gasteiger charge is 2.27. The Bertz CT molecular complexity index is 517. The van der Waals surface area contributed by atoms with Crippen LogP contribution in [0.3, 0.4) is 0 Å². The van der Waals surface area contributed by atoms with Crippen molar-refractivity contribution in [2.45, 2.75) is 32.0 Å². The number of anilines is 1. The van der Waals surface area contributed by atoms with Crippen molar-refractivity contribution in [1.29, 1.82) is 0 Å². The Kier molecular flexibility index (Phi) is 4.59. The molecule has 0 aromatic heterocycles. The van der Waals surface area contributed by atoms with Crippen LogP contribution in [0.2, 0.25) is 0 Å². The molecule has 0 fully saturated rings. The quantitative estimate of drug-likeness (QED) is 0.898. The average molecular weight is 302 g/mol. The fourth-order valence-electron chi connectivity index (χ4n) is 2.15. The summed E-state index contributed by atoms with van der Waals surface area (Å²) in [4.78, 5) is 11.3. The lowest BCUT2D eigenvalue weighted by Crippen LogP contribution is -2.36. The molecule has 0 spiro atoms. The van der Waals surface area contributed by atoms with E-state index < -0.39 is 25.2 Å². The lowest BCUT2D eigenvalue weighted by atomic mass is 9.98. The van der Waals surface area contributed by atoms with Crippen LogP contribution in [0.5, 0.6) is 5.75 Å². The van der Waals surface area contributed by atoms with Gasteiger partial charge in [-0.3, -0.25) is 4.79 Å². The molecule has 7 heteroatoms. The Morgan fingerprint density at radius 2 is 2.24 bits per heavy atom. The van der Waals surface area contributed by atoms with E-state index in [4.69, 9.17) is 4.74 Å². The van der Waals surface area contributed by atoms with Gasteiger partial charge in [0.2, 0.25) is 0 Å². The summed E-state index contributed by atoms with van der Waals surface area (Å²) in [5.74, 6) is -0.310. The zero-order valence-corrected chi connectivity index (χ0v) is 11.6. The first-order valence-electron chi connectivity index (χ1n) is 6.70. The molecule has 2 rings (SSSR count). The van der Waals surface area contributed by atoms with Crippen molar-refractivity contribution in [2.24, 2.45) is 0 Å². The van der Waals surface area contributed by atoms with E-state index in [1.165, 1.54) is 0 Å². The van der Waals surface area contributed by atoms with Gasteiger partial charge < -0.3 is 15.4 Å². The fourth-order valence-corrected chi connectivity index (χ4v) is 2.15. The Labute approximate surface area is 120 Å². The zero-order chi connectivity index (χ0) is 15.5. The monoisotopic (exact) mass is 302 g/mol. The maximum atomic E-state index is 12.0. The number of rotatable bonds is 4. The molecule has 2 N–H and O–H groups in total. The third-order valence-electron chi connectivity index (χ3n) is 3.19. The summed E-state index contributed by atoms with van der Waals surface area (Å²) in [5, 5.41) is 5.04.